The summed E-state index contributed by atoms with van der Waals surface area (Å²) in [5.41, 5.74) is -0.331. The van der Waals surface area contributed by atoms with Crippen LogP contribution in [0.2, 0.25) is 5.02 Å². The molecule has 14 heteroatoms. The van der Waals surface area contributed by atoms with E-state index < -0.39 is 43.7 Å². The number of carboxylic acid groups (broad SMARTS) is 1. The lowest BCUT2D eigenvalue weighted by Gasteiger charge is -2.24. The SMILES string of the molecule is CCCCCCCCCCNC1(C#N)CC1.Cc1cc(N2C[C@H](S(=O)(=O)c3ccccc3C(F)(F)F)C[C@H]2C(=O)O)n(-c2cccc(Cl)c2)n1. The maximum atomic E-state index is 13.5. The van der Waals surface area contributed by atoms with E-state index in [-0.39, 0.29) is 18.5 Å². The molecule has 2 aromatic carbocycles. The Kier molecular flexibility index (Phi) is 13.4. The first kappa shape index (κ1) is 39.2. The molecule has 1 aromatic heterocycles. The third-order valence-corrected chi connectivity index (χ3v) is 11.5. The molecule has 1 saturated heterocycles. The van der Waals surface area contributed by atoms with E-state index in [0.717, 1.165) is 31.5 Å². The van der Waals surface area contributed by atoms with Crippen molar-refractivity contribution in [1.29, 1.82) is 5.26 Å². The molecule has 1 aliphatic carbocycles. The number of halogens is 4. The number of nitriles is 1. The summed E-state index contributed by atoms with van der Waals surface area (Å²) in [7, 11) is -4.51. The van der Waals surface area contributed by atoms with E-state index in [1.54, 1.807) is 37.3 Å². The van der Waals surface area contributed by atoms with Gasteiger partial charge in [0.2, 0.25) is 0 Å². The Labute approximate surface area is 297 Å². The van der Waals surface area contributed by atoms with E-state index in [4.69, 9.17) is 16.9 Å². The van der Waals surface area contributed by atoms with Gasteiger partial charge in [-0.2, -0.15) is 23.5 Å². The fourth-order valence-electron chi connectivity index (χ4n) is 6.17. The number of hydrogen-bond acceptors (Lipinski definition) is 7. The fraction of sp³-hybridized carbons (Fsp3) is 0.528. The Hall–Kier alpha value is -3.60. The van der Waals surface area contributed by atoms with Gasteiger partial charge >= 0.3 is 12.1 Å². The van der Waals surface area contributed by atoms with Crippen LogP contribution in [0.15, 0.2) is 59.5 Å². The predicted octanol–water partition coefficient (Wildman–Crippen LogP) is 8.13. The van der Waals surface area contributed by atoms with Gasteiger partial charge in [0.1, 0.15) is 17.4 Å². The highest BCUT2D eigenvalue weighted by molar-refractivity contribution is 7.92. The molecule has 3 aromatic rings. The lowest BCUT2D eigenvalue weighted by molar-refractivity contribution is -0.140. The first-order valence-corrected chi connectivity index (χ1v) is 19.0. The average molecular weight is 736 g/mol. The van der Waals surface area contributed by atoms with Gasteiger partial charge in [0, 0.05) is 17.6 Å². The minimum Gasteiger partial charge on any atom is -0.480 e. The van der Waals surface area contributed by atoms with Crippen molar-refractivity contribution in [2.45, 2.75) is 112 Å². The molecule has 0 bridgehead atoms. The van der Waals surface area contributed by atoms with Crippen LogP contribution in [0.1, 0.15) is 88.8 Å². The monoisotopic (exact) mass is 735 g/mol. The van der Waals surface area contributed by atoms with Crippen molar-refractivity contribution in [3.05, 3.63) is 70.9 Å². The molecule has 9 nitrogen and oxygen atoms in total. The van der Waals surface area contributed by atoms with E-state index in [0.29, 0.717) is 28.3 Å². The zero-order valence-electron chi connectivity index (χ0n) is 28.4. The first-order valence-electron chi connectivity index (χ1n) is 17.1. The van der Waals surface area contributed by atoms with Crippen molar-refractivity contribution >= 4 is 33.2 Å². The second-order valence-electron chi connectivity index (χ2n) is 13.0. The molecule has 0 spiro atoms. The number of aryl methyl sites for hydroxylation is 1. The lowest BCUT2D eigenvalue weighted by atomic mass is 10.1. The van der Waals surface area contributed by atoms with Crippen molar-refractivity contribution in [1.82, 2.24) is 15.1 Å². The number of carboxylic acids is 1. The summed E-state index contributed by atoms with van der Waals surface area (Å²) >= 11 is 6.08. The van der Waals surface area contributed by atoms with E-state index in [2.05, 4.69) is 23.4 Å². The number of rotatable bonds is 15. The molecule has 2 N–H and O–H groups in total. The molecule has 272 valence electrons. The van der Waals surface area contributed by atoms with Crippen molar-refractivity contribution < 1.29 is 31.5 Å². The topological polar surface area (TPSA) is 128 Å². The Morgan fingerprint density at radius 2 is 1.72 bits per heavy atom. The van der Waals surface area contributed by atoms with Gasteiger partial charge in [-0.25, -0.2) is 17.9 Å². The number of anilines is 1. The quantitative estimate of drug-likeness (QED) is 0.150. The van der Waals surface area contributed by atoms with Crippen molar-refractivity contribution in [2.75, 3.05) is 18.0 Å². The van der Waals surface area contributed by atoms with Gasteiger partial charge < -0.3 is 10.0 Å². The Bertz CT molecular complexity index is 1750. The average Bonchev–Trinajstić information content (AvgIpc) is 3.52. The van der Waals surface area contributed by atoms with E-state index >= 15 is 0 Å². The third kappa shape index (κ3) is 10.0. The van der Waals surface area contributed by atoms with Crippen LogP contribution in [0.25, 0.3) is 5.69 Å². The summed E-state index contributed by atoms with van der Waals surface area (Å²) in [5.74, 6) is -0.993. The van der Waals surface area contributed by atoms with Gasteiger partial charge in [0.05, 0.1) is 33.2 Å². The molecular weight excluding hydrogens is 691 g/mol. The smallest absolute Gasteiger partial charge is 0.417 e. The summed E-state index contributed by atoms with van der Waals surface area (Å²) in [6, 6.07) is 13.2. The molecule has 2 atom stereocenters. The first-order chi connectivity index (χ1) is 23.7. The van der Waals surface area contributed by atoms with Gasteiger partial charge in [0.15, 0.2) is 9.84 Å². The maximum Gasteiger partial charge on any atom is 0.417 e. The second-order valence-corrected chi connectivity index (χ2v) is 15.7. The number of aromatic nitrogens is 2. The second kappa shape index (κ2) is 17.1. The highest BCUT2D eigenvalue weighted by Crippen LogP contribution is 2.39. The molecule has 2 fully saturated rings. The summed E-state index contributed by atoms with van der Waals surface area (Å²) < 4.78 is 68.5. The summed E-state index contributed by atoms with van der Waals surface area (Å²) in [6.45, 7) is 4.65. The van der Waals surface area contributed by atoms with E-state index in [1.165, 1.54) is 67.0 Å². The zero-order chi connectivity index (χ0) is 36.5. The fourth-order valence-corrected chi connectivity index (χ4v) is 8.26. The molecule has 2 heterocycles. The number of nitrogens with one attached hydrogen (secondary N) is 1. The summed E-state index contributed by atoms with van der Waals surface area (Å²) in [5, 5.41) is 25.5. The number of aliphatic carboxylic acids is 1. The maximum absolute atomic E-state index is 13.5. The molecule has 5 rings (SSSR count). The Balaban J connectivity index is 0.000000295. The number of alkyl halides is 3. The zero-order valence-corrected chi connectivity index (χ0v) is 30.0. The Morgan fingerprint density at radius 1 is 1.06 bits per heavy atom. The molecule has 0 radical (unpaired) electrons. The highest BCUT2D eigenvalue weighted by atomic mass is 35.5. The van der Waals surface area contributed by atoms with E-state index in [9.17, 15) is 31.5 Å². The van der Waals surface area contributed by atoms with E-state index in [1.807, 2.05) is 0 Å². The summed E-state index contributed by atoms with van der Waals surface area (Å²) in [4.78, 5) is 12.5. The number of hydrogen-bond donors (Lipinski definition) is 2. The predicted molar refractivity (Wildman–Crippen MR) is 187 cm³/mol. The largest absolute Gasteiger partial charge is 0.480 e. The molecule has 0 unspecified atom stereocenters. The van der Waals surface area contributed by atoms with Gasteiger partial charge in [-0.05, 0) is 69.5 Å². The molecule has 0 amide bonds. The van der Waals surface area contributed by atoms with Crippen LogP contribution in [0, 0.1) is 18.3 Å². The van der Waals surface area contributed by atoms with Crippen LogP contribution in [-0.4, -0.2) is 59.2 Å². The minimum absolute atomic E-state index is 0.110. The molecule has 1 aliphatic heterocycles. The molecule has 2 aliphatic rings. The van der Waals surface area contributed by atoms with Gasteiger partial charge in [-0.3, -0.25) is 5.32 Å². The van der Waals surface area contributed by atoms with Gasteiger partial charge in [-0.15, -0.1) is 0 Å². The van der Waals surface area contributed by atoms with Crippen LogP contribution < -0.4 is 10.2 Å². The van der Waals surface area contributed by atoms with Crippen LogP contribution in [0.3, 0.4) is 0 Å². The highest BCUT2D eigenvalue weighted by Gasteiger charge is 2.47. The van der Waals surface area contributed by atoms with Crippen molar-refractivity contribution in [3.8, 4) is 11.8 Å². The van der Waals surface area contributed by atoms with Gasteiger partial charge in [0.25, 0.3) is 0 Å². The summed E-state index contributed by atoms with van der Waals surface area (Å²) in [6.07, 6.45) is 7.70. The van der Waals surface area contributed by atoms with Crippen molar-refractivity contribution in [3.63, 3.8) is 0 Å². The number of carbonyl (C=O) groups is 1. The van der Waals surface area contributed by atoms with Crippen LogP contribution in [0.4, 0.5) is 19.0 Å². The number of sulfone groups is 1. The minimum atomic E-state index is -4.88. The molecule has 1 saturated carbocycles. The Morgan fingerprint density at radius 3 is 2.32 bits per heavy atom. The van der Waals surface area contributed by atoms with Crippen LogP contribution in [-0.2, 0) is 20.8 Å². The normalized spacial score (nSPS) is 18.3. The van der Waals surface area contributed by atoms with Crippen molar-refractivity contribution in [2.24, 2.45) is 0 Å². The number of nitrogens with zero attached hydrogens (tertiary/aromatic N) is 4. The number of unbranched alkanes of at least 4 members (excludes halogenated alkanes) is 7. The van der Waals surface area contributed by atoms with Crippen LogP contribution >= 0.6 is 11.6 Å². The van der Waals surface area contributed by atoms with Crippen LogP contribution in [0.5, 0.6) is 0 Å². The number of benzene rings is 2. The molecule has 50 heavy (non-hydrogen) atoms. The van der Waals surface area contributed by atoms with Gasteiger partial charge in [-0.1, -0.05) is 81.7 Å². The lowest BCUT2D eigenvalue weighted by Crippen LogP contribution is -2.37. The molecular formula is C36H45ClF3N5O4S. The third-order valence-electron chi connectivity index (χ3n) is 9.10. The standard InChI is InChI=1S/C22H19ClF3N3O4S.C14H26N2/c1-13-9-20(29(27-13)15-6-4-5-14(23)10-15)28-12-16(11-18(28)21(30)31)34(32,33)19-8-3-2-7-17(19)22(24,25)26;1-2-3-4-5-6-7-8-9-12-16-14(13-15)10-11-14/h2-10,16,18H,11-12H2,1H3,(H,30,31);16H,2-12H2,1H3/t16-,18+;/m1./s1.